The normalized spacial score (nSPS) is 13.6. The number of ether oxygens (including phenoxy) is 1. The van der Waals surface area contributed by atoms with Gasteiger partial charge in [0.1, 0.15) is 6.04 Å². The summed E-state index contributed by atoms with van der Waals surface area (Å²) in [5.41, 5.74) is 6.03. The molecule has 0 heterocycles. The van der Waals surface area contributed by atoms with E-state index in [4.69, 9.17) is 20.7 Å². The molecule has 1 aromatic rings. The molecule has 7 heteroatoms. The fourth-order valence-corrected chi connectivity index (χ4v) is 1.97. The van der Waals surface area contributed by atoms with Crippen LogP contribution in [0.25, 0.3) is 0 Å². The van der Waals surface area contributed by atoms with Crippen molar-refractivity contribution >= 4 is 11.9 Å². The average molecular weight is 285 g/mol. The smallest absolute Gasteiger partial charge is 0.321 e. The number of aliphatic carboxylic acids is 2. The highest BCUT2D eigenvalue weighted by Gasteiger charge is 2.31. The molecule has 0 saturated carbocycles. The zero-order valence-corrected chi connectivity index (χ0v) is 11.1. The molecule has 4 N–H and O–H groups in total. The summed E-state index contributed by atoms with van der Waals surface area (Å²) in [4.78, 5) is 21.8. The minimum absolute atomic E-state index is 0.0702. The van der Waals surface area contributed by atoms with Gasteiger partial charge in [0.05, 0.1) is 13.5 Å². The van der Waals surface area contributed by atoms with E-state index >= 15 is 0 Å². The molecule has 110 valence electrons. The average Bonchev–Trinajstić information content (AvgIpc) is 2.37. The van der Waals surface area contributed by atoms with Gasteiger partial charge in [-0.2, -0.15) is 0 Å². The summed E-state index contributed by atoms with van der Waals surface area (Å²) < 4.78 is 19.1. The first-order chi connectivity index (χ1) is 9.27. The summed E-state index contributed by atoms with van der Waals surface area (Å²) in [6.07, 6.45) is -0.586. The number of carbonyl (C=O) groups is 2. The van der Waals surface area contributed by atoms with Crippen molar-refractivity contribution in [3.8, 4) is 5.75 Å². The predicted octanol–water partition coefficient (Wildman–Crippen LogP) is 1.11. The van der Waals surface area contributed by atoms with Crippen molar-refractivity contribution in [3.05, 3.63) is 29.1 Å². The number of nitrogens with two attached hydrogens (primary N) is 1. The molecule has 0 spiro atoms. The standard InChI is InChI=1S/C13H16FNO5/c1-6-3-7(11(14)9(4-6)20-2)8(5-10(16)17)12(15)13(18)19/h3-4,8,12H,5,15H2,1-2H3,(H,16,17)(H,18,19). The van der Waals surface area contributed by atoms with Crippen LogP contribution in [0, 0.1) is 12.7 Å². The zero-order valence-electron chi connectivity index (χ0n) is 11.1. The van der Waals surface area contributed by atoms with E-state index in [0.29, 0.717) is 5.56 Å². The number of carboxylic acid groups (broad SMARTS) is 2. The minimum Gasteiger partial charge on any atom is -0.494 e. The summed E-state index contributed by atoms with van der Waals surface area (Å²) >= 11 is 0. The molecular formula is C13H16FNO5. The zero-order chi connectivity index (χ0) is 15.4. The monoisotopic (exact) mass is 285 g/mol. The van der Waals surface area contributed by atoms with E-state index in [-0.39, 0.29) is 11.3 Å². The van der Waals surface area contributed by atoms with Crippen LogP contribution < -0.4 is 10.5 Å². The fraction of sp³-hybridized carbons (Fsp3) is 0.385. The van der Waals surface area contributed by atoms with Crippen molar-refractivity contribution in [2.75, 3.05) is 7.11 Å². The summed E-state index contributed by atoms with van der Waals surface area (Å²) in [5, 5.41) is 17.8. The van der Waals surface area contributed by atoms with Gasteiger partial charge in [0.15, 0.2) is 11.6 Å². The van der Waals surface area contributed by atoms with Crippen molar-refractivity contribution in [1.29, 1.82) is 0 Å². The highest BCUT2D eigenvalue weighted by Crippen LogP contribution is 2.31. The second kappa shape index (κ2) is 6.33. The molecule has 0 saturated heterocycles. The first-order valence-corrected chi connectivity index (χ1v) is 5.82. The number of aryl methyl sites for hydroxylation is 1. The van der Waals surface area contributed by atoms with Gasteiger partial charge in [0, 0.05) is 5.92 Å². The molecule has 0 aromatic heterocycles. The summed E-state index contributed by atoms with van der Waals surface area (Å²) in [5.74, 6) is -4.70. The summed E-state index contributed by atoms with van der Waals surface area (Å²) in [6, 6.07) is 1.30. The van der Waals surface area contributed by atoms with E-state index in [0.717, 1.165) is 0 Å². The molecule has 0 aliphatic rings. The highest BCUT2D eigenvalue weighted by atomic mass is 19.1. The van der Waals surface area contributed by atoms with Crippen LogP contribution in [0.1, 0.15) is 23.5 Å². The van der Waals surface area contributed by atoms with Gasteiger partial charge in [0.25, 0.3) is 0 Å². The predicted molar refractivity (Wildman–Crippen MR) is 68.3 cm³/mol. The van der Waals surface area contributed by atoms with Crippen molar-refractivity contribution in [2.24, 2.45) is 5.73 Å². The van der Waals surface area contributed by atoms with Gasteiger partial charge in [-0.1, -0.05) is 6.07 Å². The minimum atomic E-state index is -1.52. The Labute approximate surface area is 115 Å². The van der Waals surface area contributed by atoms with E-state index in [1.165, 1.54) is 19.2 Å². The Kier molecular flexibility index (Phi) is 5.04. The van der Waals surface area contributed by atoms with Crippen LogP contribution in [0.5, 0.6) is 5.75 Å². The number of carboxylic acids is 2. The van der Waals surface area contributed by atoms with Gasteiger partial charge in [-0.05, 0) is 24.1 Å². The van der Waals surface area contributed by atoms with Crippen molar-refractivity contribution < 1.29 is 28.9 Å². The number of methoxy groups -OCH3 is 1. The van der Waals surface area contributed by atoms with Crippen LogP contribution >= 0.6 is 0 Å². The maximum atomic E-state index is 14.2. The Bertz CT molecular complexity index is 532. The van der Waals surface area contributed by atoms with E-state index < -0.39 is 36.1 Å². The fourth-order valence-electron chi connectivity index (χ4n) is 1.97. The Morgan fingerprint density at radius 3 is 2.45 bits per heavy atom. The molecule has 0 aliphatic carbocycles. The number of halogens is 1. The SMILES string of the molecule is COc1cc(C)cc(C(CC(=O)O)C(N)C(=O)O)c1F. The number of hydrogen-bond acceptors (Lipinski definition) is 4. The molecule has 0 bridgehead atoms. The quantitative estimate of drug-likeness (QED) is 0.722. The van der Waals surface area contributed by atoms with Crippen molar-refractivity contribution in [3.63, 3.8) is 0 Å². The van der Waals surface area contributed by atoms with Crippen LogP contribution in [0.3, 0.4) is 0 Å². The van der Waals surface area contributed by atoms with Crippen LogP contribution in [0.4, 0.5) is 4.39 Å². The molecular weight excluding hydrogens is 269 g/mol. The number of rotatable bonds is 6. The molecule has 0 radical (unpaired) electrons. The van der Waals surface area contributed by atoms with Crippen LogP contribution in [0.2, 0.25) is 0 Å². The summed E-state index contributed by atoms with van der Waals surface area (Å²) in [6.45, 7) is 1.66. The molecule has 2 atom stereocenters. The second-order valence-electron chi connectivity index (χ2n) is 4.44. The maximum absolute atomic E-state index is 14.2. The molecule has 1 rings (SSSR count). The van der Waals surface area contributed by atoms with E-state index in [9.17, 15) is 14.0 Å². The van der Waals surface area contributed by atoms with Crippen LogP contribution in [-0.2, 0) is 9.59 Å². The first kappa shape index (κ1) is 15.9. The summed E-state index contributed by atoms with van der Waals surface area (Å²) in [7, 11) is 1.27. The molecule has 20 heavy (non-hydrogen) atoms. The second-order valence-corrected chi connectivity index (χ2v) is 4.44. The topological polar surface area (TPSA) is 110 Å². The van der Waals surface area contributed by atoms with Crippen molar-refractivity contribution in [2.45, 2.75) is 25.3 Å². The Morgan fingerprint density at radius 2 is 2.00 bits per heavy atom. The molecule has 0 amide bonds. The third-order valence-corrected chi connectivity index (χ3v) is 2.94. The number of benzene rings is 1. The van der Waals surface area contributed by atoms with Gasteiger partial charge < -0.3 is 20.7 Å². The van der Waals surface area contributed by atoms with E-state index in [1.54, 1.807) is 6.92 Å². The molecule has 1 aromatic carbocycles. The van der Waals surface area contributed by atoms with Gasteiger partial charge in [-0.25, -0.2) is 4.39 Å². The highest BCUT2D eigenvalue weighted by molar-refractivity contribution is 5.77. The van der Waals surface area contributed by atoms with E-state index in [2.05, 4.69) is 0 Å². The molecule has 0 aliphatic heterocycles. The lowest BCUT2D eigenvalue weighted by molar-refractivity contribution is -0.140. The Hall–Kier alpha value is -2.15. The van der Waals surface area contributed by atoms with Gasteiger partial charge >= 0.3 is 11.9 Å². The third-order valence-electron chi connectivity index (χ3n) is 2.94. The maximum Gasteiger partial charge on any atom is 0.321 e. The van der Waals surface area contributed by atoms with Crippen LogP contribution in [0.15, 0.2) is 12.1 Å². The van der Waals surface area contributed by atoms with E-state index in [1.807, 2.05) is 0 Å². The third kappa shape index (κ3) is 3.45. The van der Waals surface area contributed by atoms with Gasteiger partial charge in [-0.3, -0.25) is 9.59 Å². The van der Waals surface area contributed by atoms with Crippen molar-refractivity contribution in [1.82, 2.24) is 0 Å². The van der Waals surface area contributed by atoms with Gasteiger partial charge in [0.2, 0.25) is 0 Å². The van der Waals surface area contributed by atoms with Gasteiger partial charge in [-0.15, -0.1) is 0 Å². The lowest BCUT2D eigenvalue weighted by Crippen LogP contribution is -2.38. The lowest BCUT2D eigenvalue weighted by atomic mass is 9.87. The Balaban J connectivity index is 3.36. The lowest BCUT2D eigenvalue weighted by Gasteiger charge is -2.21. The Morgan fingerprint density at radius 1 is 1.40 bits per heavy atom. The largest absolute Gasteiger partial charge is 0.494 e. The molecule has 0 fully saturated rings. The molecule has 6 nitrogen and oxygen atoms in total. The first-order valence-electron chi connectivity index (χ1n) is 5.82. The number of hydrogen-bond donors (Lipinski definition) is 3. The molecule has 2 unspecified atom stereocenters. The van der Waals surface area contributed by atoms with Crippen LogP contribution in [-0.4, -0.2) is 35.3 Å².